The van der Waals surface area contributed by atoms with Gasteiger partial charge in [-0.2, -0.15) is 4.68 Å². The van der Waals surface area contributed by atoms with Gasteiger partial charge in [0.15, 0.2) is 11.0 Å². The van der Waals surface area contributed by atoms with E-state index in [1.54, 1.807) is 16.7 Å². The molecule has 1 aliphatic heterocycles. The molecular weight excluding hydrogens is 224 g/mol. The summed E-state index contributed by atoms with van der Waals surface area (Å²) in [7, 11) is 0. The lowest BCUT2D eigenvalue weighted by atomic mass is 9.96. The van der Waals surface area contributed by atoms with Gasteiger partial charge in [-0.3, -0.25) is 0 Å². The maximum atomic E-state index is 12.0. The van der Waals surface area contributed by atoms with Gasteiger partial charge in [-0.15, -0.1) is 5.10 Å². The fraction of sp³-hybridized carbons (Fsp3) is 0.700. The largest absolute Gasteiger partial charge is 0.347 e. The van der Waals surface area contributed by atoms with Crippen molar-refractivity contribution in [3.63, 3.8) is 0 Å². The van der Waals surface area contributed by atoms with Crippen LogP contribution >= 0.6 is 11.8 Å². The van der Waals surface area contributed by atoms with Gasteiger partial charge in [0.25, 0.3) is 0 Å². The molecule has 0 aliphatic carbocycles. The van der Waals surface area contributed by atoms with Crippen LogP contribution in [0.25, 0.3) is 0 Å². The van der Waals surface area contributed by atoms with Crippen molar-refractivity contribution in [2.45, 2.75) is 38.3 Å². The van der Waals surface area contributed by atoms with E-state index in [0.717, 1.165) is 5.82 Å². The summed E-state index contributed by atoms with van der Waals surface area (Å²) in [6.07, 6.45) is 0. The van der Waals surface area contributed by atoms with Crippen LogP contribution in [-0.2, 0) is 5.41 Å². The van der Waals surface area contributed by atoms with Crippen LogP contribution in [0.15, 0.2) is 5.16 Å². The molecule has 0 radical (unpaired) electrons. The van der Waals surface area contributed by atoms with Gasteiger partial charge in [0.2, 0.25) is 0 Å². The lowest BCUT2D eigenvalue weighted by Crippen LogP contribution is -2.38. The van der Waals surface area contributed by atoms with Gasteiger partial charge in [-0.1, -0.05) is 32.5 Å². The van der Waals surface area contributed by atoms with Gasteiger partial charge in [-0.05, 0) is 6.92 Å². The zero-order chi connectivity index (χ0) is 11.9. The molecule has 0 bridgehead atoms. The van der Waals surface area contributed by atoms with Gasteiger partial charge < -0.3 is 4.90 Å². The van der Waals surface area contributed by atoms with E-state index in [9.17, 15) is 4.79 Å². The van der Waals surface area contributed by atoms with Crippen LogP contribution in [0.1, 0.15) is 33.5 Å². The van der Waals surface area contributed by atoms with Crippen molar-refractivity contribution in [1.29, 1.82) is 0 Å². The molecule has 2 rings (SSSR count). The Balaban J connectivity index is 2.39. The number of thioether (sulfide) groups is 1. The molecule has 1 aliphatic rings. The molecule has 1 aromatic heterocycles. The molecule has 0 unspecified atom stereocenters. The first kappa shape index (κ1) is 11.4. The number of carbonyl (C=O) groups excluding carboxylic acids is 1. The van der Waals surface area contributed by atoms with Crippen molar-refractivity contribution in [2.24, 2.45) is 0 Å². The Hall–Kier alpha value is -1.04. The van der Waals surface area contributed by atoms with Gasteiger partial charge in [0.1, 0.15) is 0 Å². The highest BCUT2D eigenvalue weighted by Crippen LogP contribution is 2.27. The topological polar surface area (TPSA) is 51.0 Å². The first-order valence-electron chi connectivity index (χ1n) is 5.33. The maximum absolute atomic E-state index is 12.0. The summed E-state index contributed by atoms with van der Waals surface area (Å²) in [5.41, 5.74) is -0.123. The molecule has 2 heterocycles. The van der Waals surface area contributed by atoms with E-state index in [0.29, 0.717) is 17.6 Å². The van der Waals surface area contributed by atoms with Crippen molar-refractivity contribution in [1.82, 2.24) is 19.7 Å². The second kappa shape index (κ2) is 3.76. The van der Waals surface area contributed by atoms with E-state index >= 15 is 0 Å². The second-order valence-electron chi connectivity index (χ2n) is 4.79. The molecule has 0 saturated carbocycles. The minimum absolute atomic E-state index is 0.0701. The average Bonchev–Trinajstić information content (AvgIpc) is 2.62. The van der Waals surface area contributed by atoms with E-state index in [1.807, 2.05) is 27.7 Å². The van der Waals surface area contributed by atoms with E-state index in [4.69, 9.17) is 0 Å². The summed E-state index contributed by atoms with van der Waals surface area (Å²) in [4.78, 5) is 18.1. The number of rotatable bonds is 1. The fourth-order valence-electron chi connectivity index (χ4n) is 1.38. The molecule has 6 heteroatoms. The predicted molar refractivity (Wildman–Crippen MR) is 62.6 cm³/mol. The fourth-order valence-corrected chi connectivity index (χ4v) is 2.34. The lowest BCUT2D eigenvalue weighted by Gasteiger charge is -2.23. The summed E-state index contributed by atoms with van der Waals surface area (Å²) in [6.45, 7) is 8.80. The van der Waals surface area contributed by atoms with Crippen LogP contribution in [0.5, 0.6) is 0 Å². The number of hydrogen-bond acceptors (Lipinski definition) is 4. The van der Waals surface area contributed by atoms with E-state index in [-0.39, 0.29) is 11.4 Å². The smallest absolute Gasteiger partial charge is 0.313 e. The molecule has 88 valence electrons. The first-order valence-corrected chi connectivity index (χ1v) is 6.31. The highest BCUT2D eigenvalue weighted by molar-refractivity contribution is 7.99. The second-order valence-corrected chi connectivity index (χ2v) is 5.70. The first-order chi connectivity index (χ1) is 7.43. The standard InChI is InChI=1S/C10H16N4OS/c1-5-13-6-16-8-11-7(10(2,3)4)12-14(8)9(13)15/h5-6H2,1-4H3. The molecule has 0 fully saturated rings. The third-order valence-corrected chi connectivity index (χ3v) is 3.39. The Kier molecular flexibility index (Phi) is 2.69. The van der Waals surface area contributed by atoms with E-state index < -0.39 is 0 Å². The normalized spacial score (nSPS) is 16.5. The summed E-state index contributed by atoms with van der Waals surface area (Å²) >= 11 is 1.56. The summed E-state index contributed by atoms with van der Waals surface area (Å²) < 4.78 is 1.41. The Morgan fingerprint density at radius 2 is 2.12 bits per heavy atom. The van der Waals surface area contributed by atoms with Crippen molar-refractivity contribution in [3.8, 4) is 0 Å². The Morgan fingerprint density at radius 3 is 2.69 bits per heavy atom. The van der Waals surface area contributed by atoms with Crippen molar-refractivity contribution in [3.05, 3.63) is 5.82 Å². The van der Waals surface area contributed by atoms with Crippen molar-refractivity contribution < 1.29 is 4.79 Å². The van der Waals surface area contributed by atoms with E-state index in [2.05, 4.69) is 10.1 Å². The summed E-state index contributed by atoms with van der Waals surface area (Å²) in [5.74, 6) is 1.39. The van der Waals surface area contributed by atoms with E-state index in [1.165, 1.54) is 4.68 Å². The highest BCUT2D eigenvalue weighted by atomic mass is 32.2. The van der Waals surface area contributed by atoms with Gasteiger partial charge in [0.05, 0.1) is 5.88 Å². The minimum atomic E-state index is -0.123. The zero-order valence-electron chi connectivity index (χ0n) is 10.0. The number of fused-ring (bicyclic) bond motifs is 1. The Morgan fingerprint density at radius 1 is 1.44 bits per heavy atom. The monoisotopic (exact) mass is 240 g/mol. The molecule has 5 nitrogen and oxygen atoms in total. The van der Waals surface area contributed by atoms with Gasteiger partial charge >= 0.3 is 6.03 Å². The number of hydrogen-bond donors (Lipinski definition) is 0. The number of nitrogens with zero attached hydrogens (tertiary/aromatic N) is 4. The number of carbonyl (C=O) groups is 1. The van der Waals surface area contributed by atoms with Crippen LogP contribution in [0, 0.1) is 0 Å². The number of amides is 1. The number of aromatic nitrogens is 3. The highest BCUT2D eigenvalue weighted by Gasteiger charge is 2.29. The predicted octanol–water partition coefficient (Wildman–Crippen LogP) is 1.93. The van der Waals surface area contributed by atoms with Crippen molar-refractivity contribution in [2.75, 3.05) is 12.4 Å². The molecule has 0 spiro atoms. The van der Waals surface area contributed by atoms with Crippen LogP contribution in [0.4, 0.5) is 4.79 Å². The summed E-state index contributed by atoms with van der Waals surface area (Å²) in [5, 5.41) is 5.00. The third-order valence-electron chi connectivity index (χ3n) is 2.43. The van der Waals surface area contributed by atoms with Crippen LogP contribution < -0.4 is 0 Å². The van der Waals surface area contributed by atoms with Gasteiger partial charge in [-0.25, -0.2) is 9.78 Å². The van der Waals surface area contributed by atoms with Crippen molar-refractivity contribution >= 4 is 17.8 Å². The molecule has 0 atom stereocenters. The quantitative estimate of drug-likeness (QED) is 0.752. The van der Waals surface area contributed by atoms with Crippen LogP contribution in [0.2, 0.25) is 0 Å². The average molecular weight is 240 g/mol. The third kappa shape index (κ3) is 1.81. The summed E-state index contributed by atoms with van der Waals surface area (Å²) in [6, 6.07) is -0.0701. The molecule has 1 aromatic rings. The Labute approximate surface area is 99.2 Å². The molecule has 1 amide bonds. The SMILES string of the molecule is CCN1CSc2nc(C(C)(C)C)nn2C1=O. The molecular formula is C10H16N4OS. The minimum Gasteiger partial charge on any atom is -0.313 e. The lowest BCUT2D eigenvalue weighted by molar-refractivity contribution is 0.202. The zero-order valence-corrected chi connectivity index (χ0v) is 10.8. The molecule has 16 heavy (non-hydrogen) atoms. The Bertz CT molecular complexity index is 421. The van der Waals surface area contributed by atoms with Crippen LogP contribution in [-0.4, -0.2) is 38.1 Å². The maximum Gasteiger partial charge on any atom is 0.347 e. The van der Waals surface area contributed by atoms with Crippen LogP contribution in [0.3, 0.4) is 0 Å². The molecule has 0 aromatic carbocycles. The molecule has 0 N–H and O–H groups in total. The molecule has 0 saturated heterocycles. The van der Waals surface area contributed by atoms with Gasteiger partial charge in [0, 0.05) is 12.0 Å².